The number of hydrogen-bond acceptors (Lipinski definition) is 2. The van der Waals surface area contributed by atoms with Gasteiger partial charge in [0.1, 0.15) is 0 Å². The molecular weight excluding hydrogens is 258 g/mol. The van der Waals surface area contributed by atoms with Crippen LogP contribution in [0.3, 0.4) is 0 Å². The summed E-state index contributed by atoms with van der Waals surface area (Å²) >= 11 is 6.06. The molecule has 19 heavy (non-hydrogen) atoms. The lowest BCUT2D eigenvalue weighted by Gasteiger charge is -2.26. The predicted octanol–water partition coefficient (Wildman–Crippen LogP) is 4.44. The number of oxime groups is 1. The number of benzene rings is 2. The van der Waals surface area contributed by atoms with Crippen LogP contribution in [-0.2, 0) is 0 Å². The molecule has 0 aliphatic heterocycles. The van der Waals surface area contributed by atoms with Crippen LogP contribution in [0.2, 0.25) is 5.02 Å². The minimum absolute atomic E-state index is 0.346. The van der Waals surface area contributed by atoms with Gasteiger partial charge in [0.15, 0.2) is 0 Å². The maximum atomic E-state index is 9.13. The summed E-state index contributed by atoms with van der Waals surface area (Å²) in [6.45, 7) is 0. The van der Waals surface area contributed by atoms with Gasteiger partial charge in [-0.2, -0.15) is 0 Å². The van der Waals surface area contributed by atoms with E-state index in [4.69, 9.17) is 16.8 Å². The Hall–Kier alpha value is -1.80. The van der Waals surface area contributed by atoms with Crippen LogP contribution in [0.4, 0.5) is 0 Å². The summed E-state index contributed by atoms with van der Waals surface area (Å²) in [6, 6.07) is 16.3. The van der Waals surface area contributed by atoms with Crippen molar-refractivity contribution < 1.29 is 5.21 Å². The fourth-order valence-electron chi connectivity index (χ4n) is 2.79. The van der Waals surface area contributed by atoms with Crippen molar-refractivity contribution in [1.82, 2.24) is 0 Å². The van der Waals surface area contributed by atoms with Crippen LogP contribution in [0.15, 0.2) is 53.7 Å². The molecule has 1 atom stereocenters. The molecule has 0 unspecified atom stereocenters. The standard InChI is InChI=1S/C16H14ClNO/c17-12-6-7-14-13(11-4-2-1-3-5-11)8-9-16(18-19)15(14)10-12/h1-7,10,13,19H,8-9H2/b18-16-/t13-/m1/s1. The van der Waals surface area contributed by atoms with Crippen molar-refractivity contribution in [1.29, 1.82) is 0 Å². The van der Waals surface area contributed by atoms with Gasteiger partial charge in [0.25, 0.3) is 0 Å². The van der Waals surface area contributed by atoms with Crippen molar-refractivity contribution in [3.8, 4) is 0 Å². The Morgan fingerprint density at radius 2 is 1.89 bits per heavy atom. The highest BCUT2D eigenvalue weighted by Gasteiger charge is 2.25. The normalized spacial score (nSPS) is 20.3. The van der Waals surface area contributed by atoms with Crippen molar-refractivity contribution >= 4 is 17.3 Å². The average Bonchev–Trinajstić information content (AvgIpc) is 2.47. The lowest BCUT2D eigenvalue weighted by Crippen LogP contribution is -2.17. The van der Waals surface area contributed by atoms with Crippen molar-refractivity contribution in [3.63, 3.8) is 0 Å². The van der Waals surface area contributed by atoms with Gasteiger partial charge < -0.3 is 5.21 Å². The molecule has 1 aliphatic rings. The summed E-state index contributed by atoms with van der Waals surface area (Å²) in [5.41, 5.74) is 4.18. The van der Waals surface area contributed by atoms with Gasteiger partial charge in [0.2, 0.25) is 0 Å². The summed E-state index contributed by atoms with van der Waals surface area (Å²) in [5, 5.41) is 13.2. The maximum Gasteiger partial charge on any atom is 0.0871 e. The Bertz CT molecular complexity index is 622. The minimum Gasteiger partial charge on any atom is -0.411 e. The Morgan fingerprint density at radius 1 is 1.11 bits per heavy atom. The second kappa shape index (κ2) is 5.06. The molecule has 0 saturated heterocycles. The molecule has 0 saturated carbocycles. The molecule has 0 fully saturated rings. The van der Waals surface area contributed by atoms with E-state index < -0.39 is 0 Å². The fourth-order valence-corrected chi connectivity index (χ4v) is 2.96. The Morgan fingerprint density at radius 3 is 2.63 bits per heavy atom. The van der Waals surface area contributed by atoms with Crippen LogP contribution in [0.25, 0.3) is 0 Å². The van der Waals surface area contributed by atoms with E-state index in [1.54, 1.807) is 0 Å². The van der Waals surface area contributed by atoms with E-state index in [-0.39, 0.29) is 0 Å². The van der Waals surface area contributed by atoms with Crippen molar-refractivity contribution in [3.05, 3.63) is 70.2 Å². The van der Waals surface area contributed by atoms with E-state index in [2.05, 4.69) is 29.4 Å². The van der Waals surface area contributed by atoms with E-state index >= 15 is 0 Å². The lowest BCUT2D eigenvalue weighted by molar-refractivity contribution is 0.317. The molecule has 2 aromatic rings. The largest absolute Gasteiger partial charge is 0.411 e. The van der Waals surface area contributed by atoms with Crippen molar-refractivity contribution in [2.45, 2.75) is 18.8 Å². The molecule has 0 spiro atoms. The molecule has 2 aromatic carbocycles. The first-order chi connectivity index (χ1) is 9.29. The van der Waals surface area contributed by atoms with Crippen LogP contribution < -0.4 is 0 Å². The van der Waals surface area contributed by atoms with Crippen molar-refractivity contribution in [2.24, 2.45) is 5.16 Å². The summed E-state index contributed by atoms with van der Waals surface area (Å²) in [7, 11) is 0. The first kappa shape index (κ1) is 12.2. The summed E-state index contributed by atoms with van der Waals surface area (Å²) in [6.07, 6.45) is 1.72. The molecule has 3 rings (SSSR count). The molecule has 0 bridgehead atoms. The Kier molecular flexibility index (Phi) is 3.26. The van der Waals surface area contributed by atoms with Crippen LogP contribution >= 0.6 is 11.6 Å². The highest BCUT2D eigenvalue weighted by atomic mass is 35.5. The minimum atomic E-state index is 0.346. The van der Waals surface area contributed by atoms with Gasteiger partial charge in [-0.05, 0) is 36.1 Å². The lowest BCUT2D eigenvalue weighted by atomic mass is 9.78. The first-order valence-electron chi connectivity index (χ1n) is 6.35. The van der Waals surface area contributed by atoms with E-state index in [1.165, 1.54) is 11.1 Å². The first-order valence-corrected chi connectivity index (χ1v) is 6.73. The zero-order valence-corrected chi connectivity index (χ0v) is 11.1. The van der Waals surface area contributed by atoms with Crippen LogP contribution in [0.5, 0.6) is 0 Å². The summed E-state index contributed by atoms with van der Waals surface area (Å²) in [4.78, 5) is 0. The molecule has 0 aromatic heterocycles. The van der Waals surface area contributed by atoms with Gasteiger partial charge in [-0.15, -0.1) is 0 Å². The number of rotatable bonds is 1. The monoisotopic (exact) mass is 271 g/mol. The highest BCUT2D eigenvalue weighted by molar-refractivity contribution is 6.31. The molecule has 2 nitrogen and oxygen atoms in total. The third-order valence-electron chi connectivity index (χ3n) is 3.69. The molecule has 96 valence electrons. The maximum absolute atomic E-state index is 9.13. The molecular formula is C16H14ClNO. The molecule has 1 aliphatic carbocycles. The van der Waals surface area contributed by atoms with Gasteiger partial charge in [-0.25, -0.2) is 0 Å². The zero-order valence-electron chi connectivity index (χ0n) is 10.4. The second-order valence-corrected chi connectivity index (χ2v) is 5.22. The summed E-state index contributed by atoms with van der Waals surface area (Å²) in [5.74, 6) is 0.346. The average molecular weight is 272 g/mol. The van der Waals surface area contributed by atoms with E-state index in [9.17, 15) is 0 Å². The number of halogens is 1. The van der Waals surface area contributed by atoms with E-state index in [0.29, 0.717) is 10.9 Å². The van der Waals surface area contributed by atoms with Crippen LogP contribution in [-0.4, -0.2) is 10.9 Å². The van der Waals surface area contributed by atoms with Gasteiger partial charge in [0.05, 0.1) is 5.71 Å². The SMILES string of the molecule is O/N=C1/CC[C@H](c2ccccc2)c2ccc(Cl)cc21. The molecule has 0 heterocycles. The van der Waals surface area contributed by atoms with Crippen molar-refractivity contribution in [2.75, 3.05) is 0 Å². The van der Waals surface area contributed by atoms with Gasteiger partial charge in [0, 0.05) is 16.5 Å². The van der Waals surface area contributed by atoms with Gasteiger partial charge >= 0.3 is 0 Å². The molecule has 3 heteroatoms. The van der Waals surface area contributed by atoms with E-state index in [0.717, 1.165) is 24.1 Å². The Balaban J connectivity index is 2.12. The van der Waals surface area contributed by atoms with Crippen LogP contribution in [0.1, 0.15) is 35.4 Å². The van der Waals surface area contributed by atoms with E-state index in [1.807, 2.05) is 24.3 Å². The van der Waals surface area contributed by atoms with Gasteiger partial charge in [-0.3, -0.25) is 0 Å². The third-order valence-corrected chi connectivity index (χ3v) is 3.93. The third kappa shape index (κ3) is 2.24. The molecule has 0 radical (unpaired) electrons. The molecule has 0 amide bonds. The predicted molar refractivity (Wildman–Crippen MR) is 77.3 cm³/mol. The topological polar surface area (TPSA) is 32.6 Å². The van der Waals surface area contributed by atoms with Gasteiger partial charge in [-0.1, -0.05) is 53.2 Å². The zero-order chi connectivity index (χ0) is 13.2. The fraction of sp³-hybridized carbons (Fsp3) is 0.188. The quantitative estimate of drug-likeness (QED) is 0.603. The number of hydrogen-bond donors (Lipinski definition) is 1. The van der Waals surface area contributed by atoms with Crippen LogP contribution in [0, 0.1) is 0 Å². The summed E-state index contributed by atoms with van der Waals surface area (Å²) < 4.78 is 0. The number of nitrogens with zero attached hydrogens (tertiary/aromatic N) is 1. The Labute approximate surface area is 117 Å². The number of fused-ring (bicyclic) bond motifs is 1. The highest BCUT2D eigenvalue weighted by Crippen LogP contribution is 2.37. The molecule has 1 N–H and O–H groups in total. The second-order valence-electron chi connectivity index (χ2n) is 4.78. The smallest absolute Gasteiger partial charge is 0.0871 e.